The van der Waals surface area contributed by atoms with E-state index in [-0.39, 0.29) is 13.2 Å². The SMILES string of the molecule is C=C(NNC(=O)OCC)c1ccc(OCC(N)=O)cc1. The number of amides is 2. The third-order valence-electron chi connectivity index (χ3n) is 2.17. The molecule has 20 heavy (non-hydrogen) atoms. The maximum Gasteiger partial charge on any atom is 0.425 e. The minimum atomic E-state index is -0.588. The molecule has 0 saturated carbocycles. The third-order valence-corrected chi connectivity index (χ3v) is 2.17. The molecule has 0 aliphatic rings. The van der Waals surface area contributed by atoms with Crippen LogP contribution in [0, 0.1) is 0 Å². The standard InChI is InChI=1S/C13H17N3O4/c1-3-19-13(18)16-15-9(2)10-4-6-11(7-5-10)20-8-12(14)17/h4-7,15H,2-3,8H2,1H3,(H2,14,17)(H,16,18). The van der Waals surface area contributed by atoms with E-state index in [1.807, 2.05) is 0 Å². The van der Waals surface area contributed by atoms with E-state index in [2.05, 4.69) is 22.2 Å². The minimum absolute atomic E-state index is 0.178. The monoisotopic (exact) mass is 279 g/mol. The second kappa shape index (κ2) is 7.67. The number of hydrazine groups is 1. The number of hydrogen-bond acceptors (Lipinski definition) is 5. The summed E-state index contributed by atoms with van der Waals surface area (Å²) in [6.07, 6.45) is -0.588. The van der Waals surface area contributed by atoms with Crippen LogP contribution in [0.5, 0.6) is 5.75 Å². The first-order valence-corrected chi connectivity index (χ1v) is 5.92. The van der Waals surface area contributed by atoms with Crippen molar-refractivity contribution in [2.45, 2.75) is 6.92 Å². The van der Waals surface area contributed by atoms with Gasteiger partial charge in [-0.25, -0.2) is 10.2 Å². The van der Waals surface area contributed by atoms with Crippen molar-refractivity contribution in [1.82, 2.24) is 10.9 Å². The first-order chi connectivity index (χ1) is 9.52. The summed E-state index contributed by atoms with van der Waals surface area (Å²) in [7, 11) is 0. The van der Waals surface area contributed by atoms with Gasteiger partial charge in [0.05, 0.1) is 12.3 Å². The van der Waals surface area contributed by atoms with Gasteiger partial charge in [-0.1, -0.05) is 6.58 Å². The van der Waals surface area contributed by atoms with Gasteiger partial charge < -0.3 is 15.2 Å². The van der Waals surface area contributed by atoms with Gasteiger partial charge in [0.2, 0.25) is 0 Å². The van der Waals surface area contributed by atoms with E-state index in [1.165, 1.54) is 0 Å². The Bertz CT molecular complexity index is 485. The molecule has 0 aliphatic carbocycles. The Kier molecular flexibility index (Phi) is 5.89. The zero-order valence-electron chi connectivity index (χ0n) is 11.1. The van der Waals surface area contributed by atoms with Gasteiger partial charge in [-0.05, 0) is 36.8 Å². The number of nitrogens with two attached hydrogens (primary N) is 1. The molecule has 0 heterocycles. The molecule has 0 spiro atoms. The Morgan fingerprint density at radius 1 is 1.25 bits per heavy atom. The van der Waals surface area contributed by atoms with Crippen LogP contribution in [0.25, 0.3) is 5.70 Å². The van der Waals surface area contributed by atoms with E-state index in [0.717, 1.165) is 5.56 Å². The molecule has 2 amide bonds. The summed E-state index contributed by atoms with van der Waals surface area (Å²) in [4.78, 5) is 21.7. The molecule has 0 aliphatic heterocycles. The van der Waals surface area contributed by atoms with E-state index in [1.54, 1.807) is 31.2 Å². The summed E-state index contributed by atoms with van der Waals surface area (Å²) in [5.41, 5.74) is 11.2. The molecule has 0 bridgehead atoms. The predicted molar refractivity (Wildman–Crippen MR) is 73.5 cm³/mol. The number of carbonyl (C=O) groups is 2. The third kappa shape index (κ3) is 5.30. The van der Waals surface area contributed by atoms with Crippen molar-refractivity contribution in [3.05, 3.63) is 36.4 Å². The molecule has 108 valence electrons. The van der Waals surface area contributed by atoms with Crippen molar-refractivity contribution in [1.29, 1.82) is 0 Å². The van der Waals surface area contributed by atoms with Gasteiger partial charge in [0, 0.05) is 0 Å². The normalized spacial score (nSPS) is 9.45. The van der Waals surface area contributed by atoms with Gasteiger partial charge in [-0.2, -0.15) is 0 Å². The first-order valence-electron chi connectivity index (χ1n) is 5.92. The summed E-state index contributed by atoms with van der Waals surface area (Å²) >= 11 is 0. The van der Waals surface area contributed by atoms with Crippen LogP contribution >= 0.6 is 0 Å². The van der Waals surface area contributed by atoms with Gasteiger partial charge in [0.25, 0.3) is 5.91 Å². The number of benzene rings is 1. The summed E-state index contributed by atoms with van der Waals surface area (Å²) in [5.74, 6) is -0.0301. The smallest absolute Gasteiger partial charge is 0.425 e. The molecule has 7 heteroatoms. The van der Waals surface area contributed by atoms with E-state index in [9.17, 15) is 9.59 Å². The lowest BCUT2D eigenvalue weighted by Crippen LogP contribution is -2.36. The van der Waals surface area contributed by atoms with Crippen LogP contribution in [0.2, 0.25) is 0 Å². The Balaban J connectivity index is 2.48. The topological polar surface area (TPSA) is 103 Å². The number of rotatable bonds is 7. The highest BCUT2D eigenvalue weighted by Crippen LogP contribution is 2.15. The molecule has 1 rings (SSSR count). The summed E-state index contributed by atoms with van der Waals surface area (Å²) in [6.45, 7) is 5.58. The maximum absolute atomic E-state index is 11.1. The first kappa shape index (κ1) is 15.4. The highest BCUT2D eigenvalue weighted by molar-refractivity contribution is 5.75. The molecule has 0 aromatic heterocycles. The largest absolute Gasteiger partial charge is 0.484 e. The number of nitrogens with one attached hydrogen (secondary N) is 2. The fourth-order valence-corrected chi connectivity index (χ4v) is 1.27. The highest BCUT2D eigenvalue weighted by atomic mass is 16.5. The zero-order valence-corrected chi connectivity index (χ0v) is 11.1. The quantitative estimate of drug-likeness (QED) is 0.640. The van der Waals surface area contributed by atoms with Crippen LogP contribution in [-0.4, -0.2) is 25.2 Å². The Morgan fingerprint density at radius 3 is 2.45 bits per heavy atom. The molecule has 4 N–H and O–H groups in total. The van der Waals surface area contributed by atoms with Crippen molar-refractivity contribution in [3.63, 3.8) is 0 Å². The molecule has 1 aromatic rings. The molecule has 0 unspecified atom stereocenters. The van der Waals surface area contributed by atoms with E-state index < -0.39 is 12.0 Å². The molecule has 0 radical (unpaired) electrons. The van der Waals surface area contributed by atoms with E-state index >= 15 is 0 Å². The second-order valence-electron chi connectivity index (χ2n) is 3.73. The molecule has 0 fully saturated rings. The van der Waals surface area contributed by atoms with Crippen molar-refractivity contribution < 1.29 is 19.1 Å². The van der Waals surface area contributed by atoms with Crippen molar-refractivity contribution in [2.24, 2.45) is 5.73 Å². The van der Waals surface area contributed by atoms with Crippen molar-refractivity contribution in [2.75, 3.05) is 13.2 Å². The lowest BCUT2D eigenvalue weighted by molar-refractivity contribution is -0.119. The van der Waals surface area contributed by atoms with Crippen molar-refractivity contribution in [3.8, 4) is 5.75 Å². The van der Waals surface area contributed by atoms with Gasteiger partial charge in [-0.3, -0.25) is 10.2 Å². The van der Waals surface area contributed by atoms with Crippen LogP contribution in [-0.2, 0) is 9.53 Å². The molecule has 1 aromatic carbocycles. The van der Waals surface area contributed by atoms with Crippen molar-refractivity contribution >= 4 is 17.7 Å². The molecular weight excluding hydrogens is 262 g/mol. The number of carbonyl (C=O) groups excluding carboxylic acids is 2. The van der Waals surface area contributed by atoms with Crippen LogP contribution in [0.4, 0.5) is 4.79 Å². The van der Waals surface area contributed by atoms with Gasteiger partial charge >= 0.3 is 6.09 Å². The summed E-state index contributed by atoms with van der Waals surface area (Å²) in [5, 5.41) is 0. The van der Waals surface area contributed by atoms with Crippen LogP contribution in [0.1, 0.15) is 12.5 Å². The van der Waals surface area contributed by atoms with Crippen LogP contribution in [0.3, 0.4) is 0 Å². The number of ether oxygens (including phenoxy) is 2. The van der Waals surface area contributed by atoms with Gasteiger partial charge in [0.1, 0.15) is 5.75 Å². The fourth-order valence-electron chi connectivity index (χ4n) is 1.27. The Hall–Kier alpha value is -2.70. The lowest BCUT2D eigenvalue weighted by atomic mass is 10.2. The van der Waals surface area contributed by atoms with E-state index in [4.69, 9.17) is 10.5 Å². The summed E-state index contributed by atoms with van der Waals surface area (Å²) in [6, 6.07) is 6.77. The zero-order chi connectivity index (χ0) is 15.0. The van der Waals surface area contributed by atoms with E-state index in [0.29, 0.717) is 11.4 Å². The van der Waals surface area contributed by atoms with Crippen LogP contribution < -0.4 is 21.3 Å². The van der Waals surface area contributed by atoms with Gasteiger partial charge in [0.15, 0.2) is 6.61 Å². The molecular formula is C13H17N3O4. The molecule has 7 nitrogen and oxygen atoms in total. The Morgan fingerprint density at radius 2 is 1.90 bits per heavy atom. The molecule has 0 saturated heterocycles. The fraction of sp³-hybridized carbons (Fsp3) is 0.231. The number of primary amides is 1. The lowest BCUT2D eigenvalue weighted by Gasteiger charge is -2.11. The van der Waals surface area contributed by atoms with Gasteiger partial charge in [-0.15, -0.1) is 0 Å². The second-order valence-corrected chi connectivity index (χ2v) is 3.73. The average Bonchev–Trinajstić information content (AvgIpc) is 2.43. The highest BCUT2D eigenvalue weighted by Gasteiger charge is 2.03. The average molecular weight is 279 g/mol. The maximum atomic E-state index is 11.1. The minimum Gasteiger partial charge on any atom is -0.484 e. The van der Waals surface area contributed by atoms with Crippen LogP contribution in [0.15, 0.2) is 30.8 Å². The Labute approximate surface area is 116 Å². The number of hydrogen-bond donors (Lipinski definition) is 3. The summed E-state index contributed by atoms with van der Waals surface area (Å²) < 4.78 is 9.80. The molecule has 0 atom stereocenters. The predicted octanol–water partition coefficient (Wildman–Crippen LogP) is 0.772.